The van der Waals surface area contributed by atoms with Crippen LogP contribution < -0.4 is 5.73 Å². The van der Waals surface area contributed by atoms with Crippen molar-refractivity contribution in [2.24, 2.45) is 5.73 Å². The lowest BCUT2D eigenvalue weighted by atomic mass is 10.0. The Morgan fingerprint density at radius 1 is 0.560 bits per heavy atom. The minimum absolute atomic E-state index is 0.163. The summed E-state index contributed by atoms with van der Waals surface area (Å²) in [5.74, 6) is -3.19. The molecule has 3 amide bonds. The molecular weight excluding hydrogens is 630 g/mol. The van der Waals surface area contributed by atoms with E-state index < -0.39 is 23.7 Å². The molecule has 0 saturated carbocycles. The van der Waals surface area contributed by atoms with Gasteiger partial charge in [-0.25, -0.2) is 4.79 Å². The second kappa shape index (κ2) is 17.1. The van der Waals surface area contributed by atoms with Crippen molar-refractivity contribution in [1.82, 2.24) is 19.8 Å². The van der Waals surface area contributed by atoms with Gasteiger partial charge in [0.15, 0.2) is 0 Å². The quantitative estimate of drug-likeness (QED) is 0.157. The molecule has 0 spiro atoms. The van der Waals surface area contributed by atoms with Gasteiger partial charge in [0.1, 0.15) is 0 Å². The van der Waals surface area contributed by atoms with Crippen LogP contribution in [0.5, 0.6) is 0 Å². The molecule has 2 aromatic heterocycles. The second-order valence-electron chi connectivity index (χ2n) is 11.3. The van der Waals surface area contributed by atoms with Gasteiger partial charge in [-0.2, -0.15) is 0 Å². The summed E-state index contributed by atoms with van der Waals surface area (Å²) in [5.41, 5.74) is 8.55. The van der Waals surface area contributed by atoms with Crippen molar-refractivity contribution in [2.75, 3.05) is 6.61 Å². The number of fused-ring (bicyclic) bond motifs is 2. The van der Waals surface area contributed by atoms with Crippen molar-refractivity contribution < 1.29 is 23.9 Å². The Balaban J connectivity index is 0.000000195. The Bertz CT molecular complexity index is 2080. The molecule has 0 atom stereocenters. The van der Waals surface area contributed by atoms with Gasteiger partial charge in [0.25, 0.3) is 0 Å². The minimum atomic E-state index is -0.967. The van der Waals surface area contributed by atoms with Crippen molar-refractivity contribution in [2.45, 2.75) is 33.1 Å². The second-order valence-corrected chi connectivity index (χ2v) is 11.3. The van der Waals surface area contributed by atoms with Gasteiger partial charge in [-0.3, -0.25) is 24.4 Å². The molecule has 10 heteroatoms. The number of amides is 3. The van der Waals surface area contributed by atoms with Gasteiger partial charge >= 0.3 is 23.7 Å². The van der Waals surface area contributed by atoms with Crippen LogP contribution in [0.1, 0.15) is 29.4 Å². The highest BCUT2D eigenvalue weighted by molar-refractivity contribution is 6.34. The summed E-state index contributed by atoms with van der Waals surface area (Å²) in [6.07, 6.45) is 3.32. The summed E-state index contributed by atoms with van der Waals surface area (Å²) in [6.45, 7) is 2.90. The van der Waals surface area contributed by atoms with Gasteiger partial charge in [0, 0.05) is 25.5 Å². The van der Waals surface area contributed by atoms with Crippen LogP contribution in [-0.4, -0.2) is 50.1 Å². The van der Waals surface area contributed by atoms with Gasteiger partial charge < -0.3 is 20.3 Å². The SMILES string of the molecule is CCOC(=O)C(=O)N(Cc1ccccn1)Cc1cccc2ccccc12.NC(=O)C(=O)N(Cc1ccccn1)Cc1cccc2ccccc12. The number of esters is 1. The molecule has 2 heterocycles. The maximum atomic E-state index is 12.6. The number of rotatable bonds is 9. The number of carbonyl (C=O) groups is 4. The summed E-state index contributed by atoms with van der Waals surface area (Å²) in [4.78, 5) is 59.6. The van der Waals surface area contributed by atoms with E-state index in [2.05, 4.69) is 9.97 Å². The average Bonchev–Trinajstić information content (AvgIpc) is 3.15. The first-order chi connectivity index (χ1) is 24.3. The standard InChI is InChI=1S/C21H20N2O3.C19H17N3O2/c1-2-26-21(25)20(24)23(15-18-11-5-6-13-22-18)14-17-10-7-9-16-8-3-4-12-19(16)17;20-18(23)19(24)22(13-16-9-3-4-11-21-16)12-15-8-5-7-14-6-1-2-10-17(14)15/h3-13H,2,14-15H2,1H3;1-11H,12-13H2,(H2,20,23). The number of carbonyl (C=O) groups excluding carboxylic acids is 4. The van der Waals surface area contributed by atoms with E-state index in [1.54, 1.807) is 25.4 Å². The van der Waals surface area contributed by atoms with E-state index in [1.807, 2.05) is 115 Å². The molecule has 0 bridgehead atoms. The number of nitrogens with zero attached hydrogens (tertiary/aromatic N) is 4. The van der Waals surface area contributed by atoms with Crippen molar-refractivity contribution in [3.05, 3.63) is 156 Å². The molecule has 6 aromatic rings. The van der Waals surface area contributed by atoms with E-state index >= 15 is 0 Å². The van der Waals surface area contributed by atoms with Gasteiger partial charge in [-0.05, 0) is 63.9 Å². The fraction of sp³-hybridized carbons (Fsp3) is 0.150. The zero-order valence-electron chi connectivity index (χ0n) is 27.6. The monoisotopic (exact) mass is 667 g/mol. The van der Waals surface area contributed by atoms with Crippen molar-refractivity contribution in [3.8, 4) is 0 Å². The Morgan fingerprint density at radius 3 is 1.44 bits per heavy atom. The molecule has 50 heavy (non-hydrogen) atoms. The average molecular weight is 668 g/mol. The number of nitrogens with two attached hydrogens (primary N) is 1. The smallest absolute Gasteiger partial charge is 0.397 e. The molecule has 0 aliphatic carbocycles. The lowest BCUT2D eigenvalue weighted by Crippen LogP contribution is -2.39. The predicted molar refractivity (Wildman–Crippen MR) is 191 cm³/mol. The highest BCUT2D eigenvalue weighted by atomic mass is 16.5. The zero-order chi connectivity index (χ0) is 35.3. The Kier molecular flexibility index (Phi) is 11.9. The molecular formula is C40H37N5O5. The van der Waals surface area contributed by atoms with E-state index in [0.29, 0.717) is 24.5 Å². The van der Waals surface area contributed by atoms with Crippen LogP contribution >= 0.6 is 0 Å². The summed E-state index contributed by atoms with van der Waals surface area (Å²) in [5, 5.41) is 4.27. The number of primary amides is 1. The molecule has 2 N–H and O–H groups in total. The van der Waals surface area contributed by atoms with E-state index in [4.69, 9.17) is 10.5 Å². The summed E-state index contributed by atoms with van der Waals surface area (Å²) in [7, 11) is 0. The van der Waals surface area contributed by atoms with E-state index in [-0.39, 0.29) is 19.7 Å². The molecule has 0 aliphatic rings. The molecule has 0 radical (unpaired) electrons. The Morgan fingerprint density at radius 2 is 1.00 bits per heavy atom. The van der Waals surface area contributed by atoms with Crippen LogP contribution in [0.15, 0.2) is 134 Å². The highest BCUT2D eigenvalue weighted by Crippen LogP contribution is 2.22. The fourth-order valence-corrected chi connectivity index (χ4v) is 5.52. The minimum Gasteiger partial charge on any atom is -0.459 e. The number of aromatic nitrogens is 2. The van der Waals surface area contributed by atoms with E-state index in [0.717, 1.165) is 32.7 Å². The molecule has 0 saturated heterocycles. The fourth-order valence-electron chi connectivity index (χ4n) is 5.52. The molecule has 4 aromatic carbocycles. The molecule has 10 nitrogen and oxygen atoms in total. The Labute approximate surface area is 290 Å². The van der Waals surface area contributed by atoms with E-state index in [1.165, 1.54) is 9.80 Å². The third-order valence-electron chi connectivity index (χ3n) is 7.88. The van der Waals surface area contributed by atoms with Gasteiger partial charge in [-0.1, -0.05) is 97.1 Å². The number of benzene rings is 4. The number of pyridine rings is 2. The van der Waals surface area contributed by atoms with E-state index in [9.17, 15) is 19.2 Å². The summed E-state index contributed by atoms with van der Waals surface area (Å²) >= 11 is 0. The summed E-state index contributed by atoms with van der Waals surface area (Å²) in [6, 6.07) is 38.7. The topological polar surface area (TPSA) is 136 Å². The first-order valence-electron chi connectivity index (χ1n) is 16.1. The number of hydrogen-bond acceptors (Lipinski definition) is 7. The maximum absolute atomic E-state index is 12.6. The van der Waals surface area contributed by atoms with Crippen molar-refractivity contribution in [3.63, 3.8) is 0 Å². The maximum Gasteiger partial charge on any atom is 0.397 e. The molecule has 6 rings (SSSR count). The number of hydrogen-bond donors (Lipinski definition) is 1. The third kappa shape index (κ3) is 9.13. The lowest BCUT2D eigenvalue weighted by molar-refractivity contribution is -0.160. The third-order valence-corrected chi connectivity index (χ3v) is 7.88. The normalized spacial score (nSPS) is 10.5. The predicted octanol–water partition coefficient (Wildman–Crippen LogP) is 5.58. The largest absolute Gasteiger partial charge is 0.459 e. The molecule has 0 unspecified atom stereocenters. The van der Waals surface area contributed by atoms with Crippen molar-refractivity contribution in [1.29, 1.82) is 0 Å². The Hall–Kier alpha value is -6.42. The summed E-state index contributed by atoms with van der Waals surface area (Å²) < 4.78 is 4.90. The first-order valence-corrected chi connectivity index (χ1v) is 16.1. The van der Waals surface area contributed by atoms with Crippen LogP contribution in [0.4, 0.5) is 0 Å². The van der Waals surface area contributed by atoms with Crippen LogP contribution in [-0.2, 0) is 50.1 Å². The van der Waals surface area contributed by atoms with Crippen molar-refractivity contribution >= 4 is 45.2 Å². The van der Waals surface area contributed by atoms with Gasteiger partial charge in [0.05, 0.1) is 31.1 Å². The molecule has 0 fully saturated rings. The first kappa shape index (κ1) is 34.9. The molecule has 252 valence electrons. The van der Waals surface area contributed by atoms with Crippen LogP contribution in [0.25, 0.3) is 21.5 Å². The number of ether oxygens (including phenoxy) is 1. The highest BCUT2D eigenvalue weighted by Gasteiger charge is 2.25. The van der Waals surface area contributed by atoms with Gasteiger partial charge in [0.2, 0.25) is 0 Å². The van der Waals surface area contributed by atoms with Crippen LogP contribution in [0.2, 0.25) is 0 Å². The van der Waals surface area contributed by atoms with Crippen LogP contribution in [0, 0.1) is 0 Å². The molecule has 0 aliphatic heterocycles. The van der Waals surface area contributed by atoms with Gasteiger partial charge in [-0.15, -0.1) is 0 Å². The van der Waals surface area contributed by atoms with Crippen LogP contribution in [0.3, 0.4) is 0 Å². The zero-order valence-corrected chi connectivity index (χ0v) is 27.6. The lowest BCUT2D eigenvalue weighted by Gasteiger charge is -2.22.